The number of aliphatic hydroxyl groups is 1. The third-order valence-corrected chi connectivity index (χ3v) is 8.44. The summed E-state index contributed by atoms with van der Waals surface area (Å²) in [4.78, 5) is 24.9. The maximum Gasteiger partial charge on any atom is 0.224 e. The van der Waals surface area contributed by atoms with Gasteiger partial charge in [-0.1, -0.05) is 56.3 Å². The Hall–Kier alpha value is -2.40. The van der Waals surface area contributed by atoms with Gasteiger partial charge in [0.1, 0.15) is 5.75 Å². The Morgan fingerprint density at radius 3 is 2.36 bits per heavy atom. The Morgan fingerprint density at radius 2 is 1.72 bits per heavy atom. The molecule has 8 nitrogen and oxygen atoms in total. The number of hydrogen-bond donors (Lipinski definition) is 4. The predicted molar refractivity (Wildman–Crippen MR) is 158 cm³/mol. The van der Waals surface area contributed by atoms with Gasteiger partial charge >= 0.3 is 0 Å². The fourth-order valence-electron chi connectivity index (χ4n) is 4.13. The molecule has 2 aromatic rings. The Morgan fingerprint density at radius 1 is 1.03 bits per heavy atom. The summed E-state index contributed by atoms with van der Waals surface area (Å²) in [6.07, 6.45) is -0.0558. The average Bonchev–Trinajstić information content (AvgIpc) is 2.90. The van der Waals surface area contributed by atoms with Crippen molar-refractivity contribution in [2.24, 2.45) is 11.8 Å². The summed E-state index contributed by atoms with van der Waals surface area (Å²) in [5.74, 6) is -0.847. The molecular weight excluding hydrogens is 536 g/mol. The summed E-state index contributed by atoms with van der Waals surface area (Å²) in [7, 11) is -1.92. The fourth-order valence-corrected chi connectivity index (χ4v) is 6.19. The highest BCUT2D eigenvalue weighted by Crippen LogP contribution is 2.17. The van der Waals surface area contributed by atoms with Gasteiger partial charge in [-0.3, -0.25) is 9.59 Å². The van der Waals surface area contributed by atoms with E-state index in [1.54, 1.807) is 7.11 Å². The van der Waals surface area contributed by atoms with E-state index in [0.717, 1.165) is 16.9 Å². The molecule has 0 unspecified atom stereocenters. The normalized spacial score (nSPS) is 14.0. The van der Waals surface area contributed by atoms with Gasteiger partial charge in [0, 0.05) is 19.5 Å². The van der Waals surface area contributed by atoms with Crippen LogP contribution >= 0.6 is 12.6 Å². The molecule has 0 spiro atoms. The minimum Gasteiger partial charge on any atom is -0.497 e. The zero-order valence-electron chi connectivity index (χ0n) is 23.0. The monoisotopic (exact) mass is 578 g/mol. The zero-order chi connectivity index (χ0) is 28.8. The third kappa shape index (κ3) is 13.0. The number of sulfone groups is 1. The first-order valence-electron chi connectivity index (χ1n) is 13.3. The van der Waals surface area contributed by atoms with Crippen molar-refractivity contribution in [2.45, 2.75) is 58.2 Å². The minimum absolute atomic E-state index is 0.0190. The molecule has 216 valence electrons. The van der Waals surface area contributed by atoms with Crippen molar-refractivity contribution < 1.29 is 27.9 Å². The van der Waals surface area contributed by atoms with Gasteiger partial charge in [0.15, 0.2) is 15.0 Å². The summed E-state index contributed by atoms with van der Waals surface area (Å²) in [5, 5.41) is 16.8. The van der Waals surface area contributed by atoms with Gasteiger partial charge in [0.2, 0.25) is 5.91 Å². The van der Waals surface area contributed by atoms with Gasteiger partial charge in [-0.15, -0.1) is 12.6 Å². The van der Waals surface area contributed by atoms with Crippen LogP contribution in [0.4, 0.5) is 0 Å². The molecule has 0 saturated carbocycles. The zero-order valence-corrected chi connectivity index (χ0v) is 24.7. The molecule has 3 atom stereocenters. The number of rotatable bonds is 18. The highest BCUT2D eigenvalue weighted by molar-refractivity contribution is 7.96. The maximum absolute atomic E-state index is 13.4. The summed E-state index contributed by atoms with van der Waals surface area (Å²) in [5.41, 5.74) is 1.90. The van der Waals surface area contributed by atoms with Crippen LogP contribution < -0.4 is 15.4 Å². The average molecular weight is 579 g/mol. The van der Waals surface area contributed by atoms with Gasteiger partial charge < -0.3 is 20.5 Å². The predicted octanol–water partition coefficient (Wildman–Crippen LogP) is 3.19. The second-order valence-corrected chi connectivity index (χ2v) is 13.0. The number of aliphatic hydroxyl groups excluding tert-OH is 1. The maximum atomic E-state index is 13.4. The molecule has 0 fully saturated rings. The number of carbonyl (C=O) groups is 2. The molecule has 0 aliphatic heterocycles. The van der Waals surface area contributed by atoms with Crippen molar-refractivity contribution in [3.8, 4) is 5.75 Å². The van der Waals surface area contributed by atoms with Crippen LogP contribution in [-0.4, -0.2) is 61.9 Å². The Labute approximate surface area is 238 Å². The van der Waals surface area contributed by atoms with Crippen molar-refractivity contribution in [2.75, 3.05) is 25.2 Å². The lowest BCUT2D eigenvalue weighted by molar-refractivity contribution is -0.126. The van der Waals surface area contributed by atoms with Crippen molar-refractivity contribution in [3.63, 3.8) is 0 Å². The van der Waals surface area contributed by atoms with E-state index in [2.05, 4.69) is 23.3 Å². The van der Waals surface area contributed by atoms with E-state index < -0.39 is 38.9 Å². The standard InChI is InChI=1S/C29H42N2O6S2/c1-21(2)14-15-39(35,36)20-24(12-13-28(33)38)29(34)31-26(17-22-8-5-4-6-9-22)27(32)19-30-18-23-10-7-11-25(16-23)37-3/h4-11,16,21,24,26-27,30,32H,12-15,17-20H2,1-3H3,(H,31,34)(H,33,38)/t24-,26+,27-/m1/s1. The van der Waals surface area contributed by atoms with E-state index in [1.807, 2.05) is 68.4 Å². The van der Waals surface area contributed by atoms with E-state index in [4.69, 9.17) is 4.74 Å². The van der Waals surface area contributed by atoms with Gasteiger partial charge in [0.25, 0.3) is 0 Å². The quantitative estimate of drug-likeness (QED) is 0.201. The number of benzene rings is 2. The molecule has 0 heterocycles. The number of ether oxygens (including phenoxy) is 1. The van der Waals surface area contributed by atoms with Crippen LogP contribution in [0.25, 0.3) is 0 Å². The van der Waals surface area contributed by atoms with Crippen LogP contribution in [0.5, 0.6) is 5.75 Å². The second-order valence-electron chi connectivity index (χ2n) is 10.3. The molecule has 2 aromatic carbocycles. The van der Waals surface area contributed by atoms with E-state index in [1.165, 1.54) is 0 Å². The summed E-state index contributed by atoms with van der Waals surface area (Å²) in [6.45, 7) is 4.57. The lowest BCUT2D eigenvalue weighted by Gasteiger charge is -2.27. The van der Waals surface area contributed by atoms with Crippen molar-refractivity contribution in [3.05, 3.63) is 65.7 Å². The molecule has 0 radical (unpaired) electrons. The van der Waals surface area contributed by atoms with Crippen LogP contribution in [0, 0.1) is 11.8 Å². The Bertz CT molecular complexity index is 1140. The SMILES string of the molecule is COc1cccc(CNC[C@@H](O)[C@H](Cc2ccccc2)NC(=O)[C@H](CCC(=O)S)CS(=O)(=O)CCC(C)C)c1. The number of methoxy groups -OCH3 is 1. The van der Waals surface area contributed by atoms with Crippen LogP contribution in [0.2, 0.25) is 0 Å². The summed E-state index contributed by atoms with van der Waals surface area (Å²) >= 11 is 3.79. The number of thiol groups is 1. The first-order valence-corrected chi connectivity index (χ1v) is 15.5. The smallest absolute Gasteiger partial charge is 0.224 e. The molecule has 10 heteroatoms. The van der Waals surface area contributed by atoms with Crippen molar-refractivity contribution in [1.82, 2.24) is 10.6 Å². The molecule has 0 aliphatic carbocycles. The molecule has 0 aromatic heterocycles. The molecule has 0 saturated heterocycles. The van der Waals surface area contributed by atoms with Crippen molar-refractivity contribution >= 4 is 33.5 Å². The van der Waals surface area contributed by atoms with Crippen molar-refractivity contribution in [1.29, 1.82) is 0 Å². The number of carbonyl (C=O) groups excluding carboxylic acids is 2. The molecule has 2 rings (SSSR count). The van der Waals surface area contributed by atoms with Gasteiger partial charge in [-0.05, 0) is 48.4 Å². The third-order valence-electron chi connectivity index (χ3n) is 6.45. The number of hydrogen-bond acceptors (Lipinski definition) is 7. The molecule has 1 amide bonds. The molecular formula is C29H42N2O6S2. The van der Waals surface area contributed by atoms with E-state index in [-0.39, 0.29) is 36.8 Å². The van der Waals surface area contributed by atoms with Gasteiger partial charge in [-0.2, -0.15) is 0 Å². The highest BCUT2D eigenvalue weighted by atomic mass is 32.2. The summed E-state index contributed by atoms with van der Waals surface area (Å²) < 4.78 is 30.8. The van der Waals surface area contributed by atoms with E-state index >= 15 is 0 Å². The molecule has 39 heavy (non-hydrogen) atoms. The topological polar surface area (TPSA) is 122 Å². The van der Waals surface area contributed by atoms with Gasteiger partial charge in [0.05, 0.1) is 36.7 Å². The lowest BCUT2D eigenvalue weighted by Crippen LogP contribution is -2.51. The second kappa shape index (κ2) is 16.6. The first kappa shape index (κ1) is 32.8. The lowest BCUT2D eigenvalue weighted by atomic mass is 9.98. The largest absolute Gasteiger partial charge is 0.497 e. The van der Waals surface area contributed by atoms with E-state index in [9.17, 15) is 23.1 Å². The van der Waals surface area contributed by atoms with Crippen LogP contribution in [0.3, 0.4) is 0 Å². The number of nitrogens with one attached hydrogen (secondary N) is 2. The number of amides is 1. The highest BCUT2D eigenvalue weighted by Gasteiger charge is 2.30. The Balaban J connectivity index is 2.14. The Kier molecular flexibility index (Phi) is 14.0. The van der Waals surface area contributed by atoms with Gasteiger partial charge in [-0.25, -0.2) is 8.42 Å². The van der Waals surface area contributed by atoms with Crippen LogP contribution in [0.15, 0.2) is 54.6 Å². The fraction of sp³-hybridized carbons (Fsp3) is 0.517. The van der Waals surface area contributed by atoms with E-state index in [0.29, 0.717) is 19.4 Å². The summed E-state index contributed by atoms with van der Waals surface area (Å²) in [6, 6.07) is 16.4. The van der Waals surface area contributed by atoms with Crippen LogP contribution in [-0.2, 0) is 32.4 Å². The molecule has 0 aliphatic rings. The van der Waals surface area contributed by atoms with Crippen LogP contribution in [0.1, 0.15) is 44.2 Å². The minimum atomic E-state index is -3.52. The first-order chi connectivity index (χ1) is 18.5. The molecule has 3 N–H and O–H groups in total. The molecule has 0 bridgehead atoms.